The third-order valence-corrected chi connectivity index (χ3v) is 5.54. The highest BCUT2D eigenvalue weighted by Gasteiger charge is 2.22. The minimum Gasteiger partial charge on any atom is -0.508 e. The van der Waals surface area contributed by atoms with Crippen LogP contribution in [0.25, 0.3) is 10.9 Å². The van der Waals surface area contributed by atoms with E-state index in [1.165, 1.54) is 11.3 Å². The third kappa shape index (κ3) is 4.16. The van der Waals surface area contributed by atoms with Gasteiger partial charge in [0.1, 0.15) is 11.5 Å². The lowest BCUT2D eigenvalue weighted by Crippen LogP contribution is -2.11. The van der Waals surface area contributed by atoms with E-state index in [-0.39, 0.29) is 17.5 Å². The molecule has 1 heterocycles. The van der Waals surface area contributed by atoms with Crippen LogP contribution in [0.4, 0.5) is 0 Å². The van der Waals surface area contributed by atoms with Crippen molar-refractivity contribution in [1.29, 1.82) is 0 Å². The molecule has 0 bridgehead atoms. The van der Waals surface area contributed by atoms with Crippen molar-refractivity contribution in [2.45, 2.75) is 39.2 Å². The van der Waals surface area contributed by atoms with Crippen LogP contribution in [0, 0.1) is 0 Å². The highest BCUT2D eigenvalue weighted by Crippen LogP contribution is 2.34. The Kier molecular flexibility index (Phi) is 5.71. The average Bonchev–Trinajstić information content (AvgIpc) is 3.02. The predicted octanol–water partition coefficient (Wildman–Crippen LogP) is 5.87. The number of rotatable bonds is 7. The van der Waals surface area contributed by atoms with E-state index in [0.29, 0.717) is 12.8 Å². The maximum Gasteiger partial charge on any atom is 0.141 e. The van der Waals surface area contributed by atoms with Crippen LogP contribution in [0.15, 0.2) is 78.9 Å². The van der Waals surface area contributed by atoms with Gasteiger partial charge in [-0.3, -0.25) is 4.79 Å². The number of fused-ring (bicyclic) bond motifs is 1. The van der Waals surface area contributed by atoms with Crippen LogP contribution in [0.1, 0.15) is 42.1 Å². The first-order chi connectivity index (χ1) is 14.5. The monoisotopic (exact) mass is 397 g/mol. The standard InChI is InChI=1S/C27H27NO2/c1-19(2)27-25(17-23(30)15-20-9-5-3-6-10-20)24-16-22(29)13-14-26(24)28(27)18-21-11-7-4-8-12-21/h3-14,16,19,29H,15,17-18H2,1-2H3. The summed E-state index contributed by atoms with van der Waals surface area (Å²) in [4.78, 5) is 13.0. The van der Waals surface area contributed by atoms with Crippen molar-refractivity contribution in [2.75, 3.05) is 0 Å². The number of ketones is 1. The highest BCUT2D eigenvalue weighted by molar-refractivity contribution is 5.93. The van der Waals surface area contributed by atoms with Crippen molar-refractivity contribution in [2.24, 2.45) is 0 Å². The lowest BCUT2D eigenvalue weighted by Gasteiger charge is -2.15. The Bertz CT molecular complexity index is 1160. The second-order valence-corrected chi connectivity index (χ2v) is 8.17. The van der Waals surface area contributed by atoms with Crippen LogP contribution in [0.5, 0.6) is 5.75 Å². The zero-order valence-corrected chi connectivity index (χ0v) is 17.5. The Morgan fingerprint density at radius 2 is 1.50 bits per heavy atom. The van der Waals surface area contributed by atoms with Gasteiger partial charge in [-0.15, -0.1) is 0 Å². The normalized spacial score (nSPS) is 11.3. The van der Waals surface area contributed by atoms with E-state index in [0.717, 1.165) is 28.6 Å². The number of nitrogens with zero attached hydrogens (tertiary/aromatic N) is 1. The zero-order chi connectivity index (χ0) is 21.1. The van der Waals surface area contributed by atoms with Gasteiger partial charge < -0.3 is 9.67 Å². The molecule has 1 aromatic heterocycles. The summed E-state index contributed by atoms with van der Waals surface area (Å²) in [6, 6.07) is 25.7. The van der Waals surface area contributed by atoms with E-state index in [2.05, 4.69) is 30.5 Å². The summed E-state index contributed by atoms with van der Waals surface area (Å²) in [6.45, 7) is 5.07. The lowest BCUT2D eigenvalue weighted by atomic mass is 9.96. The Balaban J connectivity index is 1.78. The molecule has 0 aliphatic carbocycles. The lowest BCUT2D eigenvalue weighted by molar-refractivity contribution is -0.117. The molecule has 152 valence electrons. The Morgan fingerprint density at radius 3 is 2.13 bits per heavy atom. The number of benzene rings is 3. The molecule has 3 heteroatoms. The Hall–Kier alpha value is -3.33. The fourth-order valence-corrected chi connectivity index (χ4v) is 4.30. The highest BCUT2D eigenvalue weighted by atomic mass is 16.3. The molecular weight excluding hydrogens is 370 g/mol. The van der Waals surface area contributed by atoms with E-state index >= 15 is 0 Å². The molecule has 1 N–H and O–H groups in total. The number of phenolic OH excluding ortho intramolecular Hbond substituents is 1. The molecule has 0 saturated carbocycles. The van der Waals surface area contributed by atoms with E-state index in [1.54, 1.807) is 12.1 Å². The fraction of sp³-hybridized carbons (Fsp3) is 0.222. The van der Waals surface area contributed by atoms with Crippen LogP contribution < -0.4 is 0 Å². The van der Waals surface area contributed by atoms with Gasteiger partial charge in [0.05, 0.1) is 0 Å². The van der Waals surface area contributed by atoms with Crippen LogP contribution in [-0.4, -0.2) is 15.5 Å². The summed E-state index contributed by atoms with van der Waals surface area (Å²) in [5, 5.41) is 11.1. The molecule has 30 heavy (non-hydrogen) atoms. The minimum atomic E-state index is 0.185. The van der Waals surface area contributed by atoms with Crippen molar-refractivity contribution >= 4 is 16.7 Å². The summed E-state index contributed by atoms with van der Waals surface area (Å²) in [7, 11) is 0. The van der Waals surface area contributed by atoms with Crippen molar-refractivity contribution in [3.8, 4) is 5.75 Å². The summed E-state index contributed by atoms with van der Waals surface area (Å²) in [5.41, 5.74) is 5.51. The number of carbonyl (C=O) groups excluding carboxylic acids is 1. The Labute approximate surface area is 177 Å². The molecule has 0 spiro atoms. The van der Waals surface area contributed by atoms with Gasteiger partial charge in [-0.25, -0.2) is 0 Å². The number of aromatic hydroxyl groups is 1. The first-order valence-corrected chi connectivity index (χ1v) is 10.5. The second kappa shape index (κ2) is 8.58. The molecule has 4 rings (SSSR count). The predicted molar refractivity (Wildman–Crippen MR) is 122 cm³/mol. The smallest absolute Gasteiger partial charge is 0.141 e. The average molecular weight is 398 g/mol. The van der Waals surface area contributed by atoms with Gasteiger partial charge >= 0.3 is 0 Å². The van der Waals surface area contributed by atoms with Crippen molar-refractivity contribution in [3.63, 3.8) is 0 Å². The third-order valence-electron chi connectivity index (χ3n) is 5.54. The minimum absolute atomic E-state index is 0.185. The second-order valence-electron chi connectivity index (χ2n) is 8.17. The van der Waals surface area contributed by atoms with Gasteiger partial charge in [0.2, 0.25) is 0 Å². The van der Waals surface area contributed by atoms with E-state index in [4.69, 9.17) is 0 Å². The van der Waals surface area contributed by atoms with E-state index in [1.807, 2.05) is 54.6 Å². The summed E-state index contributed by atoms with van der Waals surface area (Å²) in [6.07, 6.45) is 0.784. The van der Waals surface area contributed by atoms with Crippen LogP contribution in [0.2, 0.25) is 0 Å². The molecule has 3 aromatic carbocycles. The molecule has 0 aliphatic rings. The van der Waals surface area contributed by atoms with Gasteiger partial charge in [0.25, 0.3) is 0 Å². The molecule has 4 aromatic rings. The summed E-state index contributed by atoms with van der Waals surface area (Å²) < 4.78 is 2.31. The molecular formula is C27H27NO2. The maximum absolute atomic E-state index is 13.0. The first-order valence-electron chi connectivity index (χ1n) is 10.5. The van der Waals surface area contributed by atoms with Gasteiger partial charge in [0.15, 0.2) is 0 Å². The number of carbonyl (C=O) groups is 1. The topological polar surface area (TPSA) is 42.2 Å². The van der Waals surface area contributed by atoms with Crippen molar-refractivity contribution < 1.29 is 9.90 Å². The first kappa shape index (κ1) is 20.0. The number of Topliss-reactive ketones (excluding diaryl/α,β-unsaturated/α-hetero) is 1. The van der Waals surface area contributed by atoms with Gasteiger partial charge in [-0.2, -0.15) is 0 Å². The Morgan fingerprint density at radius 1 is 0.867 bits per heavy atom. The molecule has 0 aliphatic heterocycles. The SMILES string of the molecule is CC(C)c1c(CC(=O)Cc2ccccc2)c2cc(O)ccc2n1Cc1ccccc1. The largest absolute Gasteiger partial charge is 0.508 e. The van der Waals surface area contributed by atoms with Gasteiger partial charge in [0, 0.05) is 36.0 Å². The van der Waals surface area contributed by atoms with Gasteiger partial charge in [-0.1, -0.05) is 74.5 Å². The number of phenols is 1. The molecule has 0 fully saturated rings. The number of aromatic nitrogens is 1. The van der Waals surface area contributed by atoms with E-state index in [9.17, 15) is 9.90 Å². The van der Waals surface area contributed by atoms with Crippen LogP contribution in [-0.2, 0) is 24.2 Å². The molecule has 0 radical (unpaired) electrons. The summed E-state index contributed by atoms with van der Waals surface area (Å²) in [5.74, 6) is 0.666. The molecule has 0 atom stereocenters. The van der Waals surface area contributed by atoms with Crippen LogP contribution >= 0.6 is 0 Å². The fourth-order valence-electron chi connectivity index (χ4n) is 4.30. The molecule has 0 amide bonds. The molecule has 0 unspecified atom stereocenters. The van der Waals surface area contributed by atoms with Crippen LogP contribution in [0.3, 0.4) is 0 Å². The summed E-state index contributed by atoms with van der Waals surface area (Å²) >= 11 is 0. The number of hydrogen-bond acceptors (Lipinski definition) is 2. The van der Waals surface area contributed by atoms with Gasteiger partial charge in [-0.05, 0) is 40.8 Å². The quantitative estimate of drug-likeness (QED) is 0.423. The molecule has 0 saturated heterocycles. The van der Waals surface area contributed by atoms with Crippen molar-refractivity contribution in [3.05, 3.63) is 101 Å². The van der Waals surface area contributed by atoms with Crippen molar-refractivity contribution in [1.82, 2.24) is 4.57 Å². The maximum atomic E-state index is 13.0. The zero-order valence-electron chi connectivity index (χ0n) is 17.5. The molecule has 3 nitrogen and oxygen atoms in total. The number of hydrogen-bond donors (Lipinski definition) is 1. The van der Waals surface area contributed by atoms with E-state index < -0.39 is 0 Å².